The molecule has 2 radical (unpaired) electrons. The topological polar surface area (TPSA) is 0 Å². The first-order valence-corrected chi connectivity index (χ1v) is 2.40. The highest BCUT2D eigenvalue weighted by atomic mass is 13.7. The van der Waals surface area contributed by atoms with E-state index in [0.29, 0.717) is 0 Å². The molecule has 0 aliphatic carbocycles. The van der Waals surface area contributed by atoms with Crippen molar-refractivity contribution >= 4 is 0 Å². The summed E-state index contributed by atoms with van der Waals surface area (Å²) in [5.74, 6) is 0. The van der Waals surface area contributed by atoms with Crippen LogP contribution in [0.3, 0.4) is 0 Å². The molecule has 0 saturated heterocycles. The fraction of sp³-hybridized carbons (Fsp3) is 0.286. The number of allylic oxidation sites excluding steroid dienone is 4. The van der Waals surface area contributed by atoms with Crippen LogP contribution in [0, 0.1) is 6.42 Å². The van der Waals surface area contributed by atoms with E-state index in [-0.39, 0.29) is 0 Å². The van der Waals surface area contributed by atoms with Crippen molar-refractivity contribution in [1.29, 1.82) is 0 Å². The van der Waals surface area contributed by atoms with Gasteiger partial charge >= 0.3 is 0 Å². The summed E-state index contributed by atoms with van der Waals surface area (Å²) in [7, 11) is 0. The third-order valence-electron chi connectivity index (χ3n) is 0.526. The first-order chi connectivity index (χ1) is 3.41. The second-order valence-corrected chi connectivity index (χ2v) is 1.17. The van der Waals surface area contributed by atoms with Gasteiger partial charge in [0.15, 0.2) is 0 Å². The van der Waals surface area contributed by atoms with E-state index in [4.69, 9.17) is 0 Å². The van der Waals surface area contributed by atoms with Gasteiger partial charge in [0.1, 0.15) is 0 Å². The molecule has 0 amide bonds. The molecule has 38 valence electrons. The Morgan fingerprint density at radius 3 is 1.71 bits per heavy atom. The van der Waals surface area contributed by atoms with Crippen molar-refractivity contribution < 1.29 is 0 Å². The van der Waals surface area contributed by atoms with Crippen molar-refractivity contribution in [3.05, 3.63) is 30.7 Å². The van der Waals surface area contributed by atoms with Crippen molar-refractivity contribution in [3.63, 3.8) is 0 Å². The summed E-state index contributed by atoms with van der Waals surface area (Å²) >= 11 is 0. The molecule has 0 unspecified atom stereocenters. The second kappa shape index (κ2) is 5.48. The van der Waals surface area contributed by atoms with Crippen LogP contribution in [-0.4, -0.2) is 0 Å². The van der Waals surface area contributed by atoms with Crippen molar-refractivity contribution in [1.82, 2.24) is 0 Å². The van der Waals surface area contributed by atoms with Gasteiger partial charge in [-0.15, -0.1) is 0 Å². The minimum Gasteiger partial charge on any atom is -0.0907 e. The lowest BCUT2D eigenvalue weighted by molar-refractivity contribution is 1.62. The van der Waals surface area contributed by atoms with E-state index >= 15 is 0 Å². The quantitative estimate of drug-likeness (QED) is 0.492. The van der Waals surface area contributed by atoms with Crippen LogP contribution in [0.15, 0.2) is 24.3 Å². The van der Waals surface area contributed by atoms with Gasteiger partial charge in [-0.25, -0.2) is 0 Å². The van der Waals surface area contributed by atoms with Gasteiger partial charge in [-0.2, -0.15) is 0 Å². The summed E-state index contributed by atoms with van der Waals surface area (Å²) < 4.78 is 0. The van der Waals surface area contributed by atoms with Crippen molar-refractivity contribution in [2.75, 3.05) is 0 Å². The smallest absolute Gasteiger partial charge is 0.0336 e. The lowest BCUT2D eigenvalue weighted by Gasteiger charge is -1.71. The Morgan fingerprint density at radius 2 is 1.43 bits per heavy atom. The average molecular weight is 94.2 g/mol. The highest BCUT2D eigenvalue weighted by molar-refractivity contribution is 5.06. The van der Waals surface area contributed by atoms with Crippen LogP contribution in [0.1, 0.15) is 13.8 Å². The highest BCUT2D eigenvalue weighted by Gasteiger charge is 1.63. The van der Waals surface area contributed by atoms with Crippen LogP contribution in [0.4, 0.5) is 0 Å². The summed E-state index contributed by atoms with van der Waals surface area (Å²) in [6.45, 7) is 3.94. The molecule has 0 bridgehead atoms. The fourth-order valence-corrected chi connectivity index (χ4v) is 0.248. The van der Waals surface area contributed by atoms with E-state index in [1.807, 2.05) is 38.2 Å². The summed E-state index contributed by atoms with van der Waals surface area (Å²) in [6, 6.07) is 0. The molecule has 0 aromatic heterocycles. The molecular weight excluding hydrogens is 84.1 g/mol. The molecule has 0 atom stereocenters. The van der Waals surface area contributed by atoms with Crippen LogP contribution in [0.2, 0.25) is 0 Å². The van der Waals surface area contributed by atoms with E-state index in [0.717, 1.165) is 0 Å². The molecule has 0 aliphatic rings. The SMILES string of the molecule is CC=C[C]C=CC. The van der Waals surface area contributed by atoms with Gasteiger partial charge in [0.2, 0.25) is 0 Å². The van der Waals surface area contributed by atoms with Crippen LogP contribution in [-0.2, 0) is 0 Å². The van der Waals surface area contributed by atoms with Crippen LogP contribution < -0.4 is 0 Å². The van der Waals surface area contributed by atoms with E-state index in [1.54, 1.807) is 0 Å². The van der Waals surface area contributed by atoms with Gasteiger partial charge in [0, 0.05) is 6.42 Å². The number of hydrogen-bond acceptors (Lipinski definition) is 0. The Bertz CT molecular complexity index is 58.1. The van der Waals surface area contributed by atoms with Crippen molar-refractivity contribution in [2.24, 2.45) is 0 Å². The zero-order valence-corrected chi connectivity index (χ0v) is 4.81. The molecular formula is C7H10. The average Bonchev–Trinajstić information content (AvgIpc) is 1.69. The largest absolute Gasteiger partial charge is 0.0907 e. The minimum absolute atomic E-state index is 1.88. The predicted octanol–water partition coefficient (Wildman–Crippen LogP) is 2.22. The fourth-order valence-electron chi connectivity index (χ4n) is 0.248. The van der Waals surface area contributed by atoms with Gasteiger partial charge in [0.25, 0.3) is 0 Å². The molecule has 0 fully saturated rings. The van der Waals surface area contributed by atoms with Crippen LogP contribution in [0.25, 0.3) is 0 Å². The summed E-state index contributed by atoms with van der Waals surface area (Å²) in [5, 5.41) is 0. The molecule has 0 heterocycles. The normalized spacial score (nSPS) is 11.7. The van der Waals surface area contributed by atoms with Gasteiger partial charge < -0.3 is 0 Å². The number of hydrogen-bond donors (Lipinski definition) is 0. The van der Waals surface area contributed by atoms with E-state index in [9.17, 15) is 0 Å². The van der Waals surface area contributed by atoms with Gasteiger partial charge in [-0.3, -0.25) is 0 Å². The molecule has 0 spiro atoms. The van der Waals surface area contributed by atoms with E-state index in [2.05, 4.69) is 6.42 Å². The third-order valence-corrected chi connectivity index (χ3v) is 0.526. The molecule has 7 heavy (non-hydrogen) atoms. The Kier molecular flexibility index (Phi) is 5.07. The first kappa shape index (κ1) is 6.48. The van der Waals surface area contributed by atoms with Crippen LogP contribution >= 0.6 is 0 Å². The lowest BCUT2D eigenvalue weighted by atomic mass is 10.3. The Morgan fingerprint density at radius 1 is 1.00 bits per heavy atom. The van der Waals surface area contributed by atoms with E-state index in [1.165, 1.54) is 0 Å². The second-order valence-electron chi connectivity index (χ2n) is 1.17. The molecule has 0 aromatic rings. The monoisotopic (exact) mass is 94.1 g/mol. The Labute approximate surface area is 45.5 Å². The maximum Gasteiger partial charge on any atom is 0.0336 e. The summed E-state index contributed by atoms with van der Waals surface area (Å²) in [4.78, 5) is 0. The van der Waals surface area contributed by atoms with Crippen LogP contribution in [0.5, 0.6) is 0 Å². The van der Waals surface area contributed by atoms with Gasteiger partial charge in [-0.1, -0.05) is 24.3 Å². The zero-order valence-electron chi connectivity index (χ0n) is 4.81. The molecule has 0 N–H and O–H groups in total. The molecule has 0 rings (SSSR count). The highest BCUT2D eigenvalue weighted by Crippen LogP contribution is 1.80. The Balaban J connectivity index is 2.98. The van der Waals surface area contributed by atoms with Gasteiger partial charge in [0.05, 0.1) is 0 Å². The van der Waals surface area contributed by atoms with E-state index < -0.39 is 0 Å². The summed E-state index contributed by atoms with van der Waals surface area (Å²) in [6.07, 6.45) is 10.6. The third kappa shape index (κ3) is 5.48. The first-order valence-electron chi connectivity index (χ1n) is 2.40. The molecule has 0 aliphatic heterocycles. The maximum absolute atomic E-state index is 2.92. The molecule has 0 saturated carbocycles. The van der Waals surface area contributed by atoms with Crippen molar-refractivity contribution in [2.45, 2.75) is 13.8 Å². The standard InChI is InChI=1S/C7H10/c1-3-5-7-6-4-2/h3-6H,1-2H3. The minimum atomic E-state index is 1.88. The lowest BCUT2D eigenvalue weighted by Crippen LogP contribution is -1.54. The predicted molar refractivity (Wildman–Crippen MR) is 32.9 cm³/mol. The maximum atomic E-state index is 2.92. The van der Waals surface area contributed by atoms with Crippen molar-refractivity contribution in [3.8, 4) is 0 Å². The molecule has 0 aromatic carbocycles. The summed E-state index contributed by atoms with van der Waals surface area (Å²) in [5.41, 5.74) is 0. The zero-order chi connectivity index (χ0) is 5.54. The number of rotatable bonds is 2. The Hall–Kier alpha value is -0.520. The molecule has 0 nitrogen and oxygen atoms in total. The molecule has 0 heteroatoms. The van der Waals surface area contributed by atoms with Gasteiger partial charge in [-0.05, 0) is 13.8 Å².